The maximum absolute atomic E-state index is 8.74. The smallest absolute Gasteiger partial charge is 0.394 e. The third-order valence-corrected chi connectivity index (χ3v) is 0. The molecule has 0 atom stereocenters. The average molecular weight is 247 g/mol. The average Bonchev–Trinajstić information content (AvgIpc) is 1.59. The van der Waals surface area contributed by atoms with Crippen molar-refractivity contribution in [1.29, 1.82) is 0 Å². The van der Waals surface area contributed by atoms with Gasteiger partial charge in [-0.25, -0.2) is 5.90 Å². The third kappa shape index (κ3) is 7450. The van der Waals surface area contributed by atoms with Crippen LogP contribution in [-0.4, -0.2) is 45.7 Å². The molecule has 0 spiro atoms. The lowest BCUT2D eigenvalue weighted by Gasteiger charge is -1.68. The fourth-order valence-electron chi connectivity index (χ4n) is 0. The molecule has 86 valence electrons. The number of rotatable bonds is 0. The maximum atomic E-state index is 8.74. The second kappa shape index (κ2) is 9.71. The second-order valence-electron chi connectivity index (χ2n) is 0.896. The van der Waals surface area contributed by atoms with Crippen LogP contribution in [0.15, 0.2) is 0 Å². The Bertz CT molecular complexity index is 209. The zero-order chi connectivity index (χ0) is 11.0. The highest BCUT2D eigenvalue weighted by atomic mass is 32.3. The molecule has 0 heterocycles. The van der Waals surface area contributed by atoms with Crippen LogP contribution >= 0.6 is 0 Å². The van der Waals surface area contributed by atoms with E-state index in [2.05, 4.69) is 5.90 Å². The maximum Gasteiger partial charge on any atom is 0.394 e. The summed E-state index contributed by atoms with van der Waals surface area (Å²) in [4.78, 5) is 0. The first kappa shape index (κ1) is 22.9. The molecule has 0 aliphatic rings. The van der Waals surface area contributed by atoms with Gasteiger partial charge >= 0.3 is 20.8 Å². The van der Waals surface area contributed by atoms with E-state index in [-0.39, 0.29) is 5.48 Å². The molecule has 0 aliphatic carbocycles. The van der Waals surface area contributed by atoms with E-state index in [1.165, 1.54) is 0 Å². The third-order valence-electron chi connectivity index (χ3n) is 0. The first-order valence-electron chi connectivity index (χ1n) is 1.66. The van der Waals surface area contributed by atoms with E-state index < -0.39 is 20.8 Å². The van der Waals surface area contributed by atoms with Crippen LogP contribution in [0.1, 0.15) is 0 Å². The Balaban J connectivity index is -0.0000000491. The summed E-state index contributed by atoms with van der Waals surface area (Å²) in [6.45, 7) is 0. The largest absolute Gasteiger partial charge is 0.412 e. The highest BCUT2D eigenvalue weighted by Crippen LogP contribution is 1.59. The highest BCUT2D eigenvalue weighted by molar-refractivity contribution is 7.80. The topological polar surface area (TPSA) is 227 Å². The van der Waals surface area contributed by atoms with E-state index in [9.17, 15) is 0 Å². The second-order valence-corrected chi connectivity index (χ2v) is 2.69. The molecule has 0 aliphatic heterocycles. The van der Waals surface area contributed by atoms with Gasteiger partial charge in [-0.15, -0.1) is 0 Å². The molecule has 11 nitrogen and oxygen atoms in total. The Hall–Kier alpha value is -0.380. The normalized spacial score (nSPS) is 9.38. The minimum Gasteiger partial charge on any atom is -0.412 e. The van der Waals surface area contributed by atoms with Crippen LogP contribution in [0.25, 0.3) is 0 Å². The Morgan fingerprint density at radius 2 is 0.692 bits per heavy atom. The van der Waals surface area contributed by atoms with Gasteiger partial charge in [-0.3, -0.25) is 18.2 Å². The van der Waals surface area contributed by atoms with Crippen molar-refractivity contribution in [2.45, 2.75) is 0 Å². The highest BCUT2D eigenvalue weighted by Gasteiger charge is 1.85. The SMILES string of the molecule is NO.O.O=S(=O)(O)O.O=S(=O)(O)O. The van der Waals surface area contributed by atoms with E-state index in [1.807, 2.05) is 0 Å². The molecule has 0 aromatic heterocycles. The number of hydrogen-bond donors (Lipinski definition) is 6. The molecule has 0 saturated heterocycles. The molecule has 0 radical (unpaired) electrons. The number of nitrogens with two attached hydrogens (primary N) is 1. The van der Waals surface area contributed by atoms with Crippen molar-refractivity contribution < 1.29 is 45.7 Å². The van der Waals surface area contributed by atoms with Gasteiger partial charge in [-0.05, 0) is 0 Å². The van der Waals surface area contributed by atoms with Crippen LogP contribution in [0, 0.1) is 0 Å². The Morgan fingerprint density at radius 1 is 0.692 bits per heavy atom. The number of hydrogen-bond acceptors (Lipinski definition) is 6. The van der Waals surface area contributed by atoms with Crippen LogP contribution < -0.4 is 5.90 Å². The van der Waals surface area contributed by atoms with E-state index >= 15 is 0 Å². The molecule has 0 aromatic carbocycles. The van der Waals surface area contributed by atoms with E-state index in [1.54, 1.807) is 0 Å². The minimum absolute atomic E-state index is 0. The van der Waals surface area contributed by atoms with Gasteiger partial charge in [0.1, 0.15) is 0 Å². The van der Waals surface area contributed by atoms with Crippen LogP contribution in [-0.2, 0) is 20.8 Å². The molecule has 0 saturated carbocycles. The van der Waals surface area contributed by atoms with Crippen LogP contribution in [0.2, 0.25) is 0 Å². The molecule has 0 unspecified atom stereocenters. The summed E-state index contributed by atoms with van der Waals surface area (Å²) in [7, 11) is -9.33. The van der Waals surface area contributed by atoms with Crippen molar-refractivity contribution >= 4 is 20.8 Å². The van der Waals surface area contributed by atoms with E-state index in [0.29, 0.717) is 0 Å². The van der Waals surface area contributed by atoms with Gasteiger partial charge in [0.05, 0.1) is 0 Å². The lowest BCUT2D eigenvalue weighted by Crippen LogP contribution is -1.89. The molecule has 0 aromatic rings. The van der Waals surface area contributed by atoms with Gasteiger partial charge in [0, 0.05) is 0 Å². The molecule has 0 bridgehead atoms. The lowest BCUT2D eigenvalue weighted by atomic mass is 13.6. The summed E-state index contributed by atoms with van der Waals surface area (Å²) in [6, 6.07) is 0. The molecule has 13 heteroatoms. The Labute approximate surface area is 73.2 Å². The van der Waals surface area contributed by atoms with Gasteiger partial charge in [0.2, 0.25) is 0 Å². The molecular formula is H9NO10S2. The molecule has 9 N–H and O–H groups in total. The van der Waals surface area contributed by atoms with Crippen molar-refractivity contribution in [3.8, 4) is 0 Å². The van der Waals surface area contributed by atoms with E-state index in [4.69, 9.17) is 40.3 Å². The van der Waals surface area contributed by atoms with Crippen molar-refractivity contribution in [2.24, 2.45) is 5.90 Å². The summed E-state index contributed by atoms with van der Waals surface area (Å²) in [6.07, 6.45) is 0. The summed E-state index contributed by atoms with van der Waals surface area (Å²) < 4.78 is 63.2. The molecule has 13 heavy (non-hydrogen) atoms. The standard InChI is InChI=1S/H3NO.2H2O4S.H2O/c1-2;2*1-5(2,3)4;/h2H,1H2;2*(H2,1,2,3,4);1H2. The van der Waals surface area contributed by atoms with Crippen molar-refractivity contribution in [1.82, 2.24) is 0 Å². The zero-order valence-electron chi connectivity index (χ0n) is 5.76. The predicted molar refractivity (Wildman–Crippen MR) is 37.9 cm³/mol. The lowest BCUT2D eigenvalue weighted by molar-refractivity contribution is 0.311. The monoisotopic (exact) mass is 247 g/mol. The fourth-order valence-corrected chi connectivity index (χ4v) is 0. The van der Waals surface area contributed by atoms with Gasteiger partial charge < -0.3 is 10.7 Å². The van der Waals surface area contributed by atoms with Crippen LogP contribution in [0.5, 0.6) is 0 Å². The van der Waals surface area contributed by atoms with Crippen molar-refractivity contribution in [3.63, 3.8) is 0 Å². The Kier molecular flexibility index (Phi) is 17.1. The minimum atomic E-state index is -4.67. The molecule has 0 amide bonds. The molecular weight excluding hydrogens is 238 g/mol. The molecule has 0 rings (SSSR count). The summed E-state index contributed by atoms with van der Waals surface area (Å²) >= 11 is 0. The summed E-state index contributed by atoms with van der Waals surface area (Å²) in [5.41, 5.74) is 0. The fraction of sp³-hybridized carbons (Fsp3) is 0. The zero-order valence-corrected chi connectivity index (χ0v) is 7.40. The van der Waals surface area contributed by atoms with Gasteiger partial charge in [0.25, 0.3) is 0 Å². The van der Waals surface area contributed by atoms with Gasteiger partial charge in [0.15, 0.2) is 0 Å². The quantitative estimate of drug-likeness (QED) is 0.190. The molecule has 0 fully saturated rings. The Morgan fingerprint density at radius 3 is 0.692 bits per heavy atom. The van der Waals surface area contributed by atoms with Crippen molar-refractivity contribution in [3.05, 3.63) is 0 Å². The first-order valence-corrected chi connectivity index (χ1v) is 4.45. The van der Waals surface area contributed by atoms with Crippen LogP contribution in [0.4, 0.5) is 0 Å². The summed E-state index contributed by atoms with van der Waals surface area (Å²) in [5.74, 6) is 3.50. The van der Waals surface area contributed by atoms with Crippen molar-refractivity contribution in [2.75, 3.05) is 0 Å². The van der Waals surface area contributed by atoms with E-state index in [0.717, 1.165) is 0 Å². The first-order chi connectivity index (χ1) is 5.00. The summed E-state index contributed by atoms with van der Waals surface area (Å²) in [5, 5.41) is 6.50. The predicted octanol–water partition coefficient (Wildman–Crippen LogP) is -2.80. The van der Waals surface area contributed by atoms with Gasteiger partial charge in [-0.2, -0.15) is 16.8 Å². The van der Waals surface area contributed by atoms with Crippen LogP contribution in [0.3, 0.4) is 0 Å². The van der Waals surface area contributed by atoms with Gasteiger partial charge in [-0.1, -0.05) is 0 Å².